The molecule has 1 aliphatic rings. The van der Waals surface area contributed by atoms with E-state index >= 15 is 0 Å². The zero-order valence-corrected chi connectivity index (χ0v) is 16.1. The topological polar surface area (TPSA) is 186 Å². The van der Waals surface area contributed by atoms with Gasteiger partial charge in [0, 0.05) is 25.8 Å². The summed E-state index contributed by atoms with van der Waals surface area (Å²) in [5.41, 5.74) is 0. The molecule has 0 aromatic rings. The Hall–Kier alpha value is -1.63. The summed E-state index contributed by atoms with van der Waals surface area (Å²) in [5.74, 6) is -4.71. The molecule has 2 amide bonds. The summed E-state index contributed by atoms with van der Waals surface area (Å²) in [5, 5.41) is 54.7. The highest BCUT2D eigenvalue weighted by molar-refractivity contribution is 5.83. The highest BCUT2D eigenvalue weighted by Gasteiger charge is 2.53. The van der Waals surface area contributed by atoms with Crippen molar-refractivity contribution in [1.29, 1.82) is 0 Å². The number of carbonyl (C=O) groups is 3. The first-order valence-corrected chi connectivity index (χ1v) is 9.02. The molecular weight excluding hydrogens is 376 g/mol. The van der Waals surface area contributed by atoms with Crippen LogP contribution in [0.15, 0.2) is 0 Å². The van der Waals surface area contributed by atoms with Gasteiger partial charge in [-0.3, -0.25) is 9.59 Å². The van der Waals surface area contributed by atoms with E-state index in [4.69, 9.17) is 9.84 Å². The van der Waals surface area contributed by atoms with Crippen molar-refractivity contribution in [2.75, 3.05) is 13.2 Å². The quantitative estimate of drug-likeness (QED) is 0.192. The molecule has 0 saturated carbocycles. The zero-order chi connectivity index (χ0) is 21.6. The fraction of sp³-hybridized carbons (Fsp3) is 0.824. The van der Waals surface area contributed by atoms with Crippen molar-refractivity contribution in [2.45, 2.75) is 63.4 Å². The standard InChI is InChI=1S/C17H30N2O9/c1-8(9(2)6-20)5-18-16(26)17(27)4-11(23)13(19-10(3)22)15(28-17)14(25)12(24)7-21/h6,8-9,11-15,21,23-25,27H,4-5,7H2,1-3H3,(H,18,26)(H,19,22)/t8-,9?,11?,12?,13?,14?,15?,17?/m0/s1. The maximum Gasteiger partial charge on any atom is 0.280 e. The smallest absolute Gasteiger partial charge is 0.280 e. The summed E-state index contributed by atoms with van der Waals surface area (Å²) in [4.78, 5) is 34.6. The summed E-state index contributed by atoms with van der Waals surface area (Å²) < 4.78 is 5.30. The monoisotopic (exact) mass is 406 g/mol. The second-order valence-corrected chi connectivity index (χ2v) is 7.29. The lowest BCUT2D eigenvalue weighted by atomic mass is 9.88. The van der Waals surface area contributed by atoms with Crippen LogP contribution in [0.1, 0.15) is 27.2 Å². The molecule has 0 aliphatic carbocycles. The molecule has 1 aliphatic heterocycles. The van der Waals surface area contributed by atoms with Gasteiger partial charge in [0.25, 0.3) is 5.91 Å². The first kappa shape index (κ1) is 24.4. The van der Waals surface area contributed by atoms with E-state index in [1.54, 1.807) is 13.8 Å². The number of rotatable bonds is 9. The molecular formula is C17H30N2O9. The maximum absolute atomic E-state index is 12.5. The molecule has 1 saturated heterocycles. The molecule has 162 valence electrons. The van der Waals surface area contributed by atoms with Crippen LogP contribution in [0, 0.1) is 11.8 Å². The Kier molecular flexibility index (Phi) is 8.92. The van der Waals surface area contributed by atoms with Crippen LogP contribution < -0.4 is 10.6 Å². The third kappa shape index (κ3) is 5.93. The Bertz CT molecular complexity index is 561. The van der Waals surface area contributed by atoms with E-state index in [-0.39, 0.29) is 18.4 Å². The summed E-state index contributed by atoms with van der Waals surface area (Å²) in [6.07, 6.45) is -6.48. The fourth-order valence-corrected chi connectivity index (χ4v) is 2.86. The van der Waals surface area contributed by atoms with Crippen LogP contribution in [0.3, 0.4) is 0 Å². The first-order valence-electron chi connectivity index (χ1n) is 9.02. The van der Waals surface area contributed by atoms with E-state index in [1.165, 1.54) is 0 Å². The Morgan fingerprint density at radius 2 is 1.93 bits per heavy atom. The number of ether oxygens (including phenoxy) is 1. The minimum absolute atomic E-state index is 0.0438. The number of aldehydes is 1. The largest absolute Gasteiger partial charge is 0.394 e. The summed E-state index contributed by atoms with van der Waals surface area (Å²) in [6, 6.07) is -1.24. The van der Waals surface area contributed by atoms with Crippen molar-refractivity contribution in [3.63, 3.8) is 0 Å². The predicted molar refractivity (Wildman–Crippen MR) is 94.6 cm³/mol. The second-order valence-electron chi connectivity index (χ2n) is 7.29. The molecule has 0 aromatic heterocycles. The number of nitrogens with one attached hydrogen (secondary N) is 2. The zero-order valence-electron chi connectivity index (χ0n) is 16.1. The van der Waals surface area contributed by atoms with Crippen molar-refractivity contribution < 1.29 is 44.7 Å². The lowest BCUT2D eigenvalue weighted by Gasteiger charge is -2.45. The van der Waals surface area contributed by atoms with Gasteiger partial charge in [-0.2, -0.15) is 0 Å². The third-order valence-electron chi connectivity index (χ3n) is 4.92. The van der Waals surface area contributed by atoms with Gasteiger partial charge in [0.05, 0.1) is 18.8 Å². The number of aliphatic hydroxyl groups is 5. The van der Waals surface area contributed by atoms with Crippen molar-refractivity contribution in [3.8, 4) is 0 Å². The number of hydrogen-bond acceptors (Lipinski definition) is 9. The molecule has 0 aromatic carbocycles. The Morgan fingerprint density at radius 1 is 1.32 bits per heavy atom. The molecule has 1 heterocycles. The van der Waals surface area contributed by atoms with Gasteiger partial charge in [-0.1, -0.05) is 13.8 Å². The van der Waals surface area contributed by atoms with Gasteiger partial charge in [-0.15, -0.1) is 0 Å². The maximum atomic E-state index is 12.5. The van der Waals surface area contributed by atoms with E-state index in [2.05, 4.69) is 10.6 Å². The molecule has 1 rings (SSSR count). The SMILES string of the molecule is CC(=O)NC1C(O)CC(O)(C(=O)NC[C@H](C)C(C)C=O)OC1C(O)C(O)CO. The van der Waals surface area contributed by atoms with Crippen LogP contribution in [0.5, 0.6) is 0 Å². The van der Waals surface area contributed by atoms with Crippen molar-refractivity contribution in [3.05, 3.63) is 0 Å². The molecule has 7 N–H and O–H groups in total. The molecule has 7 unspecified atom stereocenters. The number of hydrogen-bond donors (Lipinski definition) is 7. The van der Waals surface area contributed by atoms with E-state index in [0.29, 0.717) is 0 Å². The lowest BCUT2D eigenvalue weighted by Crippen LogP contribution is -2.68. The molecule has 28 heavy (non-hydrogen) atoms. The average molecular weight is 406 g/mol. The van der Waals surface area contributed by atoms with Gasteiger partial charge in [0.15, 0.2) is 0 Å². The van der Waals surface area contributed by atoms with Gasteiger partial charge < -0.3 is 45.7 Å². The normalized spacial score (nSPS) is 31.9. The van der Waals surface area contributed by atoms with Crippen molar-refractivity contribution in [1.82, 2.24) is 10.6 Å². The highest BCUT2D eigenvalue weighted by atomic mass is 16.6. The van der Waals surface area contributed by atoms with Gasteiger partial charge in [0.2, 0.25) is 11.7 Å². The minimum atomic E-state index is -2.56. The lowest BCUT2D eigenvalue weighted by molar-refractivity contribution is -0.287. The Morgan fingerprint density at radius 3 is 2.43 bits per heavy atom. The molecule has 0 spiro atoms. The second kappa shape index (κ2) is 10.2. The average Bonchev–Trinajstić information content (AvgIpc) is 2.65. The van der Waals surface area contributed by atoms with Gasteiger partial charge in [-0.05, 0) is 5.92 Å². The van der Waals surface area contributed by atoms with Gasteiger partial charge in [-0.25, -0.2) is 0 Å². The molecule has 0 radical (unpaired) electrons. The van der Waals surface area contributed by atoms with Crippen molar-refractivity contribution in [2.24, 2.45) is 11.8 Å². The summed E-state index contributed by atoms with van der Waals surface area (Å²) >= 11 is 0. The number of carbonyl (C=O) groups excluding carboxylic acids is 3. The number of amides is 2. The van der Waals surface area contributed by atoms with Crippen LogP contribution in [-0.4, -0.2) is 93.0 Å². The van der Waals surface area contributed by atoms with E-state index in [0.717, 1.165) is 13.2 Å². The third-order valence-corrected chi connectivity index (χ3v) is 4.92. The van der Waals surface area contributed by atoms with Crippen LogP contribution in [0.2, 0.25) is 0 Å². The Balaban J connectivity index is 2.99. The Labute approximate surface area is 162 Å². The van der Waals surface area contributed by atoms with Crippen LogP contribution in [0.4, 0.5) is 0 Å². The van der Waals surface area contributed by atoms with Gasteiger partial charge >= 0.3 is 0 Å². The fourth-order valence-electron chi connectivity index (χ4n) is 2.86. The molecule has 8 atom stereocenters. The van der Waals surface area contributed by atoms with Crippen molar-refractivity contribution >= 4 is 18.1 Å². The summed E-state index contributed by atoms with van der Waals surface area (Å²) in [7, 11) is 0. The highest BCUT2D eigenvalue weighted by Crippen LogP contribution is 2.30. The van der Waals surface area contributed by atoms with Crippen LogP contribution >= 0.6 is 0 Å². The molecule has 11 nitrogen and oxygen atoms in total. The number of aliphatic hydroxyl groups excluding tert-OH is 4. The van der Waals surface area contributed by atoms with E-state index < -0.39 is 61.1 Å². The predicted octanol–water partition coefficient (Wildman–Crippen LogP) is -3.37. The first-order chi connectivity index (χ1) is 13.0. The summed E-state index contributed by atoms with van der Waals surface area (Å²) in [6.45, 7) is 3.73. The molecule has 1 fully saturated rings. The molecule has 11 heteroatoms. The van der Waals surface area contributed by atoms with E-state index in [9.17, 15) is 34.8 Å². The van der Waals surface area contributed by atoms with Crippen LogP contribution in [-0.2, 0) is 19.1 Å². The van der Waals surface area contributed by atoms with Gasteiger partial charge in [0.1, 0.15) is 24.6 Å². The molecule has 0 bridgehead atoms. The van der Waals surface area contributed by atoms with E-state index in [1.807, 2.05) is 0 Å². The van der Waals surface area contributed by atoms with Crippen LogP contribution in [0.25, 0.3) is 0 Å². The minimum Gasteiger partial charge on any atom is -0.394 e.